The molecule has 0 saturated heterocycles. The largest absolute Gasteiger partial charge is 0.361 e. The van der Waals surface area contributed by atoms with Crippen molar-refractivity contribution in [3.05, 3.63) is 65.9 Å². The molecule has 4 heteroatoms. The molecule has 2 aromatic heterocycles. The summed E-state index contributed by atoms with van der Waals surface area (Å²) in [5, 5.41) is 4.53. The Bertz CT molecular complexity index is 781. The average Bonchev–Trinajstić information content (AvgIpc) is 3.18. The fraction of sp³-hybridized carbons (Fsp3) is 0.278. The second kappa shape index (κ2) is 5.54. The number of rotatable bonds is 5. The van der Waals surface area contributed by atoms with E-state index in [1.807, 2.05) is 36.8 Å². The van der Waals surface area contributed by atoms with Crippen LogP contribution in [0.2, 0.25) is 0 Å². The van der Waals surface area contributed by atoms with Gasteiger partial charge in [0.05, 0.1) is 0 Å². The minimum Gasteiger partial charge on any atom is -0.361 e. The highest BCUT2D eigenvalue weighted by atomic mass is 19.1. The minimum absolute atomic E-state index is 0.165. The normalized spacial score (nSPS) is 20.4. The molecule has 3 aromatic rings. The zero-order valence-corrected chi connectivity index (χ0v) is 12.2. The number of nitrogens with zero attached hydrogens (tertiary/aromatic N) is 1. The molecule has 1 aliphatic carbocycles. The zero-order chi connectivity index (χ0) is 14.9. The van der Waals surface area contributed by atoms with E-state index in [0.29, 0.717) is 11.8 Å². The van der Waals surface area contributed by atoms with Crippen molar-refractivity contribution >= 4 is 10.9 Å². The number of benzene rings is 1. The van der Waals surface area contributed by atoms with Crippen LogP contribution in [0.4, 0.5) is 4.39 Å². The summed E-state index contributed by atoms with van der Waals surface area (Å²) in [4.78, 5) is 7.27. The SMILES string of the molecule is Fc1ccc2[nH]cc(C3CC3CNCc3ccncc3)c2c1. The number of hydrogen-bond acceptors (Lipinski definition) is 2. The first-order valence-electron chi connectivity index (χ1n) is 7.67. The van der Waals surface area contributed by atoms with Gasteiger partial charge in [0.15, 0.2) is 0 Å². The summed E-state index contributed by atoms with van der Waals surface area (Å²) in [7, 11) is 0. The second-order valence-corrected chi connectivity index (χ2v) is 6.02. The highest BCUT2D eigenvalue weighted by Gasteiger charge is 2.39. The summed E-state index contributed by atoms with van der Waals surface area (Å²) in [6.45, 7) is 1.86. The third kappa shape index (κ3) is 2.62. The lowest BCUT2D eigenvalue weighted by Crippen LogP contribution is -2.16. The Morgan fingerprint density at radius 1 is 1.23 bits per heavy atom. The maximum Gasteiger partial charge on any atom is 0.123 e. The monoisotopic (exact) mass is 295 g/mol. The lowest BCUT2D eigenvalue weighted by atomic mass is 10.1. The van der Waals surface area contributed by atoms with E-state index in [1.54, 1.807) is 6.07 Å². The van der Waals surface area contributed by atoms with Gasteiger partial charge in [-0.3, -0.25) is 4.98 Å². The van der Waals surface area contributed by atoms with Gasteiger partial charge in [0.1, 0.15) is 5.82 Å². The van der Waals surface area contributed by atoms with Gasteiger partial charge in [-0.1, -0.05) is 0 Å². The van der Waals surface area contributed by atoms with E-state index >= 15 is 0 Å². The molecule has 2 N–H and O–H groups in total. The van der Waals surface area contributed by atoms with E-state index in [2.05, 4.69) is 15.3 Å². The van der Waals surface area contributed by atoms with Crippen molar-refractivity contribution in [3.8, 4) is 0 Å². The summed E-state index contributed by atoms with van der Waals surface area (Å²) in [5.41, 5.74) is 3.53. The minimum atomic E-state index is -0.165. The topological polar surface area (TPSA) is 40.7 Å². The molecule has 3 nitrogen and oxygen atoms in total. The van der Waals surface area contributed by atoms with E-state index in [-0.39, 0.29) is 5.82 Å². The number of halogens is 1. The number of aromatic nitrogens is 2. The number of pyridine rings is 1. The van der Waals surface area contributed by atoms with Crippen molar-refractivity contribution in [2.24, 2.45) is 5.92 Å². The number of fused-ring (bicyclic) bond motifs is 1. The van der Waals surface area contributed by atoms with Crippen LogP contribution in [-0.2, 0) is 6.54 Å². The van der Waals surface area contributed by atoms with Crippen LogP contribution in [0.15, 0.2) is 48.9 Å². The molecule has 2 unspecified atom stereocenters. The van der Waals surface area contributed by atoms with E-state index in [9.17, 15) is 4.39 Å². The summed E-state index contributed by atoms with van der Waals surface area (Å²) in [5.74, 6) is 1.02. The van der Waals surface area contributed by atoms with E-state index in [1.165, 1.54) is 23.6 Å². The fourth-order valence-electron chi connectivity index (χ4n) is 3.18. The lowest BCUT2D eigenvalue weighted by molar-refractivity contribution is 0.626. The van der Waals surface area contributed by atoms with Gasteiger partial charge in [0, 0.05) is 36.0 Å². The molecule has 4 rings (SSSR count). The van der Waals surface area contributed by atoms with Gasteiger partial charge in [-0.25, -0.2) is 4.39 Å². The fourth-order valence-corrected chi connectivity index (χ4v) is 3.18. The van der Waals surface area contributed by atoms with Crippen LogP contribution >= 0.6 is 0 Å². The molecule has 1 aliphatic rings. The molecular formula is C18H18FN3. The molecule has 0 amide bonds. The molecule has 1 saturated carbocycles. The van der Waals surface area contributed by atoms with Crippen LogP contribution in [0.25, 0.3) is 10.9 Å². The van der Waals surface area contributed by atoms with Crippen LogP contribution in [-0.4, -0.2) is 16.5 Å². The van der Waals surface area contributed by atoms with E-state index in [4.69, 9.17) is 0 Å². The molecule has 2 atom stereocenters. The summed E-state index contributed by atoms with van der Waals surface area (Å²) >= 11 is 0. The van der Waals surface area contributed by atoms with Crippen LogP contribution in [0.5, 0.6) is 0 Å². The molecule has 112 valence electrons. The summed E-state index contributed by atoms with van der Waals surface area (Å²) < 4.78 is 13.4. The standard InChI is InChI=1S/C18H18FN3/c19-14-1-2-18-16(8-14)17(11-22-18)15-7-13(15)10-21-9-12-3-5-20-6-4-12/h1-6,8,11,13,15,21-22H,7,9-10H2. The van der Waals surface area contributed by atoms with Gasteiger partial charge in [-0.15, -0.1) is 0 Å². The van der Waals surface area contributed by atoms with Gasteiger partial charge in [-0.2, -0.15) is 0 Å². The number of nitrogens with one attached hydrogen (secondary N) is 2. The van der Waals surface area contributed by atoms with Crippen LogP contribution in [0.1, 0.15) is 23.5 Å². The molecule has 0 aliphatic heterocycles. The van der Waals surface area contributed by atoms with Crippen molar-refractivity contribution in [2.45, 2.75) is 18.9 Å². The smallest absolute Gasteiger partial charge is 0.123 e. The number of aromatic amines is 1. The molecule has 0 bridgehead atoms. The Hall–Kier alpha value is -2.20. The zero-order valence-electron chi connectivity index (χ0n) is 12.2. The third-order valence-electron chi connectivity index (χ3n) is 4.48. The van der Waals surface area contributed by atoms with Crippen LogP contribution in [0, 0.1) is 11.7 Å². The predicted octanol–water partition coefficient (Wildman–Crippen LogP) is 3.60. The summed E-state index contributed by atoms with van der Waals surface area (Å²) in [6, 6.07) is 9.01. The van der Waals surface area contributed by atoms with Crippen LogP contribution in [0.3, 0.4) is 0 Å². The number of H-pyrrole nitrogens is 1. The second-order valence-electron chi connectivity index (χ2n) is 6.02. The molecule has 2 heterocycles. The first-order valence-corrected chi connectivity index (χ1v) is 7.67. The molecule has 22 heavy (non-hydrogen) atoms. The molecule has 1 aromatic carbocycles. The van der Waals surface area contributed by atoms with Crippen molar-refractivity contribution < 1.29 is 4.39 Å². The van der Waals surface area contributed by atoms with Gasteiger partial charge in [-0.05, 0) is 66.3 Å². The number of hydrogen-bond donors (Lipinski definition) is 2. The van der Waals surface area contributed by atoms with Crippen molar-refractivity contribution in [2.75, 3.05) is 6.54 Å². The molecule has 0 spiro atoms. The Morgan fingerprint density at radius 3 is 2.95 bits per heavy atom. The van der Waals surface area contributed by atoms with Crippen molar-refractivity contribution in [1.82, 2.24) is 15.3 Å². The maximum absolute atomic E-state index is 13.4. The Kier molecular flexibility index (Phi) is 3.39. The summed E-state index contributed by atoms with van der Waals surface area (Å²) in [6.07, 6.45) is 6.85. The highest BCUT2D eigenvalue weighted by Crippen LogP contribution is 2.49. The highest BCUT2D eigenvalue weighted by molar-refractivity contribution is 5.84. The van der Waals surface area contributed by atoms with Gasteiger partial charge in [0.2, 0.25) is 0 Å². The lowest BCUT2D eigenvalue weighted by Gasteiger charge is -2.04. The van der Waals surface area contributed by atoms with Gasteiger partial charge < -0.3 is 10.3 Å². The molecule has 0 radical (unpaired) electrons. The van der Waals surface area contributed by atoms with Crippen molar-refractivity contribution in [3.63, 3.8) is 0 Å². The maximum atomic E-state index is 13.4. The third-order valence-corrected chi connectivity index (χ3v) is 4.48. The quantitative estimate of drug-likeness (QED) is 0.755. The van der Waals surface area contributed by atoms with Crippen LogP contribution < -0.4 is 5.32 Å². The first kappa shape index (κ1) is 13.5. The van der Waals surface area contributed by atoms with Gasteiger partial charge >= 0.3 is 0 Å². The molecule has 1 fully saturated rings. The first-order chi connectivity index (χ1) is 10.8. The molecular weight excluding hydrogens is 277 g/mol. The predicted molar refractivity (Wildman–Crippen MR) is 85.0 cm³/mol. The van der Waals surface area contributed by atoms with Gasteiger partial charge in [0.25, 0.3) is 0 Å². The average molecular weight is 295 g/mol. The van der Waals surface area contributed by atoms with Crippen molar-refractivity contribution in [1.29, 1.82) is 0 Å². The Balaban J connectivity index is 1.38. The van der Waals surface area contributed by atoms with E-state index < -0.39 is 0 Å². The van der Waals surface area contributed by atoms with E-state index in [0.717, 1.165) is 24.0 Å². The Labute approximate surface area is 128 Å². The Morgan fingerprint density at radius 2 is 2.09 bits per heavy atom.